The van der Waals surface area contributed by atoms with Gasteiger partial charge in [-0.2, -0.15) is 16.5 Å². The van der Waals surface area contributed by atoms with Gasteiger partial charge in [0.2, 0.25) is 15.9 Å². The van der Waals surface area contributed by atoms with Crippen LogP contribution in [0.5, 0.6) is 0 Å². The van der Waals surface area contributed by atoms with Crippen molar-refractivity contribution in [1.29, 1.82) is 0 Å². The van der Waals surface area contributed by atoms with Crippen LogP contribution < -0.4 is 15.4 Å². The average molecular weight is 496 g/mol. The number of thioether (sulfide) groups is 1. The molecule has 9 nitrogen and oxygen atoms in total. The molecule has 0 spiro atoms. The third-order valence-corrected chi connectivity index (χ3v) is 6.58. The summed E-state index contributed by atoms with van der Waals surface area (Å²) in [6.45, 7) is 2.25. The highest BCUT2D eigenvalue weighted by Gasteiger charge is 2.25. The van der Waals surface area contributed by atoms with E-state index >= 15 is 0 Å². The lowest BCUT2D eigenvalue weighted by Gasteiger charge is -2.19. The van der Waals surface area contributed by atoms with E-state index < -0.39 is 28.1 Å². The van der Waals surface area contributed by atoms with Crippen molar-refractivity contribution >= 4 is 45.2 Å². The number of ether oxygens (including phenoxy) is 2. The fourth-order valence-corrected chi connectivity index (χ4v) is 4.43. The monoisotopic (exact) mass is 495 g/mol. The number of methoxy groups -OCH3 is 1. The number of carbonyl (C=O) groups excluding carboxylic acids is 2. The van der Waals surface area contributed by atoms with E-state index in [2.05, 4.69) is 15.4 Å². The van der Waals surface area contributed by atoms with Gasteiger partial charge in [0, 0.05) is 18.5 Å². The minimum atomic E-state index is -3.88. The van der Waals surface area contributed by atoms with Crippen LogP contribution in [0, 0.1) is 6.92 Å². The minimum Gasteiger partial charge on any atom is -0.447 e. The largest absolute Gasteiger partial charge is 0.447 e. The maximum atomic E-state index is 12.9. The lowest BCUT2D eigenvalue weighted by atomic mass is 10.2. The van der Waals surface area contributed by atoms with Crippen LogP contribution in [0.25, 0.3) is 0 Å². The molecule has 0 bridgehead atoms. The Morgan fingerprint density at radius 3 is 2.33 bits per heavy atom. The van der Waals surface area contributed by atoms with Crippen LogP contribution >= 0.6 is 11.8 Å². The Balaban J connectivity index is 2.08. The quantitative estimate of drug-likeness (QED) is 0.386. The average Bonchev–Trinajstić information content (AvgIpc) is 2.77. The normalized spacial score (nSPS) is 12.1. The summed E-state index contributed by atoms with van der Waals surface area (Å²) in [6, 6.07) is 11.9. The second-order valence-electron chi connectivity index (χ2n) is 7.09. The van der Waals surface area contributed by atoms with Gasteiger partial charge in [-0.15, -0.1) is 0 Å². The number of rotatable bonds is 12. The van der Waals surface area contributed by atoms with Gasteiger partial charge in [0.1, 0.15) is 12.6 Å². The highest BCUT2D eigenvalue weighted by atomic mass is 32.2. The molecule has 0 saturated carbocycles. The van der Waals surface area contributed by atoms with Crippen LogP contribution in [0.1, 0.15) is 12.0 Å². The Labute approximate surface area is 198 Å². The smallest absolute Gasteiger partial charge is 0.411 e. The zero-order valence-corrected chi connectivity index (χ0v) is 20.4. The predicted octanol–water partition coefficient (Wildman–Crippen LogP) is 3.23. The second-order valence-corrected chi connectivity index (χ2v) is 9.79. The van der Waals surface area contributed by atoms with E-state index in [1.54, 1.807) is 36.4 Å². The van der Waals surface area contributed by atoms with Crippen molar-refractivity contribution in [3.63, 3.8) is 0 Å². The summed E-state index contributed by atoms with van der Waals surface area (Å²) in [5.41, 5.74) is 1.75. The fraction of sp³-hybridized carbons (Fsp3) is 0.364. The summed E-state index contributed by atoms with van der Waals surface area (Å²) in [4.78, 5) is 24.8. The first kappa shape index (κ1) is 26.7. The molecule has 0 aliphatic carbocycles. The van der Waals surface area contributed by atoms with Crippen LogP contribution in [0.3, 0.4) is 0 Å². The minimum absolute atomic E-state index is 0.0910. The molecule has 0 fully saturated rings. The summed E-state index contributed by atoms with van der Waals surface area (Å²) in [7, 11) is -2.38. The molecular formula is C22H29N3O6S2. The first-order valence-electron chi connectivity index (χ1n) is 10.2. The molecule has 1 atom stereocenters. The summed E-state index contributed by atoms with van der Waals surface area (Å²) in [5.74, 6) is 0.0863. The zero-order valence-electron chi connectivity index (χ0n) is 18.8. The van der Waals surface area contributed by atoms with Crippen LogP contribution in [-0.4, -0.2) is 58.8 Å². The molecule has 3 N–H and O–H groups in total. The van der Waals surface area contributed by atoms with Gasteiger partial charge in [0.15, 0.2) is 0 Å². The van der Waals surface area contributed by atoms with Crippen LogP contribution in [0.4, 0.5) is 16.2 Å². The molecule has 2 aromatic carbocycles. The number of nitrogens with one attached hydrogen (secondary N) is 3. The van der Waals surface area contributed by atoms with E-state index in [9.17, 15) is 18.0 Å². The van der Waals surface area contributed by atoms with E-state index in [4.69, 9.17) is 9.47 Å². The van der Waals surface area contributed by atoms with Gasteiger partial charge in [-0.05, 0) is 55.7 Å². The third-order valence-electron chi connectivity index (χ3n) is 4.45. The van der Waals surface area contributed by atoms with Crippen LogP contribution in [-0.2, 0) is 24.3 Å². The summed E-state index contributed by atoms with van der Waals surface area (Å²) < 4.78 is 37.9. The number of benzene rings is 2. The van der Waals surface area contributed by atoms with E-state index in [-0.39, 0.29) is 18.1 Å². The Hall–Kier alpha value is -2.60. The predicted molar refractivity (Wildman–Crippen MR) is 130 cm³/mol. The highest BCUT2D eigenvalue weighted by molar-refractivity contribution is 7.98. The molecule has 1 unspecified atom stereocenters. The van der Waals surface area contributed by atoms with Gasteiger partial charge in [0.25, 0.3) is 0 Å². The van der Waals surface area contributed by atoms with Crippen molar-refractivity contribution in [3.05, 3.63) is 54.1 Å². The molecule has 0 aliphatic rings. The van der Waals surface area contributed by atoms with E-state index in [1.165, 1.54) is 31.0 Å². The maximum absolute atomic E-state index is 12.9. The maximum Gasteiger partial charge on any atom is 0.411 e. The van der Waals surface area contributed by atoms with Gasteiger partial charge in [-0.25, -0.2) is 13.2 Å². The molecule has 2 aromatic rings. The Kier molecular flexibility index (Phi) is 10.7. The number of anilines is 2. The summed E-state index contributed by atoms with van der Waals surface area (Å²) >= 11 is 1.51. The van der Waals surface area contributed by atoms with Gasteiger partial charge in [0.05, 0.1) is 11.5 Å². The number of amides is 2. The lowest BCUT2D eigenvalue weighted by molar-refractivity contribution is -0.117. The number of aryl methyl sites for hydroxylation is 1. The molecular weight excluding hydrogens is 466 g/mol. The fourth-order valence-electron chi connectivity index (χ4n) is 2.73. The molecule has 0 radical (unpaired) electrons. The first-order chi connectivity index (χ1) is 15.7. The molecule has 180 valence electrons. The third kappa shape index (κ3) is 9.04. The van der Waals surface area contributed by atoms with Crippen molar-refractivity contribution in [2.75, 3.05) is 43.0 Å². The van der Waals surface area contributed by atoms with E-state index in [0.29, 0.717) is 23.5 Å². The molecule has 11 heteroatoms. The molecule has 33 heavy (non-hydrogen) atoms. The van der Waals surface area contributed by atoms with E-state index in [0.717, 1.165) is 5.56 Å². The van der Waals surface area contributed by atoms with Gasteiger partial charge < -0.3 is 14.8 Å². The number of carbonyl (C=O) groups is 2. The number of hydrogen-bond donors (Lipinski definition) is 3. The topological polar surface area (TPSA) is 123 Å². The van der Waals surface area contributed by atoms with Crippen molar-refractivity contribution < 1.29 is 27.5 Å². The SMILES string of the molecule is COCCOC(=O)Nc1cccc(NC(=O)C(CCSC)NS(=O)(=O)c2ccc(C)cc2)c1. The van der Waals surface area contributed by atoms with Crippen molar-refractivity contribution in [2.45, 2.75) is 24.3 Å². The van der Waals surface area contributed by atoms with E-state index in [1.807, 2.05) is 13.2 Å². The first-order valence-corrected chi connectivity index (χ1v) is 13.0. The Bertz CT molecular complexity index is 1030. The standard InChI is InChI=1S/C22H29N3O6S2/c1-16-7-9-19(10-8-16)33(28,29)25-20(11-14-32-3)21(26)23-17-5-4-6-18(15-17)24-22(27)31-13-12-30-2/h4-10,15,20,25H,11-14H2,1-3H3,(H,23,26)(H,24,27). The number of hydrogen-bond acceptors (Lipinski definition) is 7. The van der Waals surface area contributed by atoms with Crippen LogP contribution in [0.15, 0.2) is 53.4 Å². The van der Waals surface area contributed by atoms with Crippen LogP contribution in [0.2, 0.25) is 0 Å². The Morgan fingerprint density at radius 1 is 1.03 bits per heavy atom. The molecule has 0 heterocycles. The molecule has 2 rings (SSSR count). The van der Waals surface area contributed by atoms with Gasteiger partial charge >= 0.3 is 6.09 Å². The van der Waals surface area contributed by atoms with Gasteiger partial charge in [-0.1, -0.05) is 23.8 Å². The zero-order chi connectivity index (χ0) is 24.3. The summed E-state index contributed by atoms with van der Waals surface area (Å²) in [5, 5.41) is 5.27. The molecule has 0 saturated heterocycles. The Morgan fingerprint density at radius 2 is 1.70 bits per heavy atom. The molecule has 0 aliphatic heterocycles. The van der Waals surface area contributed by atoms with Gasteiger partial charge in [-0.3, -0.25) is 10.1 Å². The van der Waals surface area contributed by atoms with Crippen molar-refractivity contribution in [2.24, 2.45) is 0 Å². The highest BCUT2D eigenvalue weighted by Crippen LogP contribution is 2.17. The number of sulfonamides is 1. The molecule has 0 aromatic heterocycles. The van der Waals surface area contributed by atoms with Crippen molar-refractivity contribution in [1.82, 2.24) is 4.72 Å². The lowest BCUT2D eigenvalue weighted by Crippen LogP contribution is -2.44. The summed E-state index contributed by atoms with van der Waals surface area (Å²) in [6.07, 6.45) is 1.53. The second kappa shape index (κ2) is 13.2. The molecule has 2 amide bonds. The van der Waals surface area contributed by atoms with Crippen molar-refractivity contribution in [3.8, 4) is 0 Å².